The van der Waals surface area contributed by atoms with E-state index in [9.17, 15) is 0 Å². The quantitative estimate of drug-likeness (QED) is 0.264. The number of nitrogens with zero attached hydrogens (tertiary/aromatic N) is 1. The Labute approximate surface area is 79.3 Å². The molecule has 4 heteroatoms. The molecule has 0 atom stereocenters. The van der Waals surface area contributed by atoms with Crippen LogP contribution < -0.4 is 6.15 Å². The summed E-state index contributed by atoms with van der Waals surface area (Å²) in [5, 5.41) is 8.63. The zero-order valence-corrected chi connectivity index (χ0v) is 3.00. The van der Waals surface area contributed by atoms with Crippen molar-refractivity contribution in [3.8, 4) is 5.40 Å². The van der Waals surface area contributed by atoms with Crippen molar-refractivity contribution >= 4 is 64.0 Å². The summed E-state index contributed by atoms with van der Waals surface area (Å²) in [5.41, 5.74) is 0. The van der Waals surface area contributed by atoms with E-state index >= 15 is 0 Å². The molecule has 0 heterocycles. The van der Waals surface area contributed by atoms with Crippen molar-refractivity contribution in [3.63, 3.8) is 0 Å². The van der Waals surface area contributed by atoms with Crippen LogP contribution in [0.2, 0.25) is 0 Å². The van der Waals surface area contributed by atoms with Crippen LogP contribution >= 0.6 is 12.6 Å². The van der Waals surface area contributed by atoms with Crippen molar-refractivity contribution in [2.45, 2.75) is 0 Å². The van der Waals surface area contributed by atoms with Crippen LogP contribution in [0.1, 0.15) is 0 Å². The third-order valence-electron chi connectivity index (χ3n) is 0. The summed E-state index contributed by atoms with van der Waals surface area (Å²) >= 11 is 3.09. The van der Waals surface area contributed by atoms with E-state index in [0.29, 0.717) is 0 Å². The molecule has 0 saturated carbocycles. The Bertz CT molecular complexity index is 31.1. The van der Waals surface area contributed by atoms with Crippen molar-refractivity contribution in [2.24, 2.45) is 0 Å². The number of hydrogen-bond donors (Lipinski definition) is 2. The molecule has 0 aromatic carbocycles. The first-order valence-corrected chi connectivity index (χ1v) is 0.894. The number of thiol groups is 1. The number of nitriles is 1. The third-order valence-corrected chi connectivity index (χ3v) is 0. The molecule has 0 spiro atoms. The molecule has 0 aromatic rings. The minimum absolute atomic E-state index is 0. The van der Waals surface area contributed by atoms with E-state index in [-0.39, 0.29) is 57.5 Å². The fraction of sp³-hybridized carbons (Fsp3) is 0. The topological polar surface area (TPSA) is 58.8 Å². The normalized spacial score (nSPS) is 1.60. The monoisotopic (exact) mass is 116 g/mol. The molecule has 0 radical (unpaired) electrons. The summed E-state index contributed by atoms with van der Waals surface area (Å²) in [5.74, 6) is 0. The molecule has 0 bridgehead atoms. The molecule has 26 valence electrons. The average molecular weight is 116 g/mol. The Hall–Kier alpha value is 1.44. The van der Waals surface area contributed by atoms with Crippen molar-refractivity contribution in [1.82, 2.24) is 6.15 Å². The predicted octanol–water partition coefficient (Wildman–Crippen LogP) is -0.0892. The van der Waals surface area contributed by atoms with Gasteiger partial charge in [-0.05, 0) is 0 Å². The molecule has 3 N–H and O–H groups in total. The number of rotatable bonds is 0. The van der Waals surface area contributed by atoms with E-state index < -0.39 is 0 Å². The molecular weight excluding hydrogens is 111 g/mol. The fourth-order valence-corrected chi connectivity index (χ4v) is 0. The Morgan fingerprint density at radius 2 is 1.60 bits per heavy atom. The van der Waals surface area contributed by atoms with Crippen LogP contribution in [-0.4, -0.2) is 51.4 Å². The molecule has 0 aromatic heterocycles. The van der Waals surface area contributed by atoms with Gasteiger partial charge in [-0.2, -0.15) is 5.26 Å². The first-order chi connectivity index (χ1) is 1.41. The first kappa shape index (κ1) is 16.1. The van der Waals surface area contributed by atoms with Gasteiger partial charge in [-0.1, -0.05) is 12.6 Å². The molecule has 0 fully saturated rings. The average Bonchev–Trinajstić information content (AvgIpc) is 0.918. The van der Waals surface area contributed by atoms with Crippen LogP contribution in [0, 0.1) is 10.7 Å². The SMILES string of the molecule is N.N#CS.[KH]. The minimum atomic E-state index is 0. The van der Waals surface area contributed by atoms with E-state index in [0.717, 1.165) is 0 Å². The van der Waals surface area contributed by atoms with Gasteiger partial charge in [-0.15, -0.1) is 0 Å². The Morgan fingerprint density at radius 3 is 1.60 bits per heavy atom. The van der Waals surface area contributed by atoms with Crippen LogP contribution in [0.15, 0.2) is 0 Å². The zero-order chi connectivity index (χ0) is 2.71. The van der Waals surface area contributed by atoms with Crippen molar-refractivity contribution in [2.75, 3.05) is 0 Å². The van der Waals surface area contributed by atoms with Crippen LogP contribution in [0.4, 0.5) is 0 Å². The van der Waals surface area contributed by atoms with Gasteiger partial charge in [-0.3, -0.25) is 0 Å². The second kappa shape index (κ2) is 18.0. The molecular formula is CH5KN2S. The molecule has 0 aliphatic heterocycles. The second-order valence-electron chi connectivity index (χ2n) is 0.100. The second-order valence-corrected chi connectivity index (χ2v) is 0.300. The van der Waals surface area contributed by atoms with E-state index in [2.05, 4.69) is 12.6 Å². The van der Waals surface area contributed by atoms with Crippen LogP contribution in [0.3, 0.4) is 0 Å². The summed E-state index contributed by atoms with van der Waals surface area (Å²) in [6.45, 7) is 0. The van der Waals surface area contributed by atoms with Gasteiger partial charge >= 0.3 is 51.4 Å². The van der Waals surface area contributed by atoms with E-state index in [1.165, 1.54) is 5.40 Å². The molecule has 0 aliphatic carbocycles. The van der Waals surface area contributed by atoms with Crippen molar-refractivity contribution in [3.05, 3.63) is 0 Å². The van der Waals surface area contributed by atoms with Gasteiger partial charge in [-0.25, -0.2) is 0 Å². The fourth-order valence-electron chi connectivity index (χ4n) is 0. The van der Waals surface area contributed by atoms with Gasteiger partial charge in [0, 0.05) is 0 Å². The van der Waals surface area contributed by atoms with Gasteiger partial charge < -0.3 is 6.15 Å². The van der Waals surface area contributed by atoms with Gasteiger partial charge in [0.25, 0.3) is 0 Å². The molecule has 5 heavy (non-hydrogen) atoms. The Kier molecular flexibility index (Phi) is 58.1. The van der Waals surface area contributed by atoms with E-state index in [1.54, 1.807) is 0 Å². The predicted molar refractivity (Wildman–Crippen MR) is 26.8 cm³/mol. The van der Waals surface area contributed by atoms with E-state index in [1.807, 2.05) is 0 Å². The summed E-state index contributed by atoms with van der Waals surface area (Å²) in [7, 11) is 0. The summed E-state index contributed by atoms with van der Waals surface area (Å²) in [4.78, 5) is 0. The Morgan fingerprint density at radius 1 is 1.60 bits per heavy atom. The first-order valence-electron chi connectivity index (χ1n) is 0.447. The maximum absolute atomic E-state index is 7.18. The van der Waals surface area contributed by atoms with Gasteiger partial charge in [0.05, 0.1) is 0 Å². The molecule has 0 amide bonds. The molecule has 0 saturated heterocycles. The van der Waals surface area contributed by atoms with Crippen molar-refractivity contribution in [1.29, 1.82) is 5.26 Å². The number of hydrogen-bond acceptors (Lipinski definition) is 3. The number of thiocyanates is 1. The van der Waals surface area contributed by atoms with Crippen molar-refractivity contribution < 1.29 is 0 Å². The maximum atomic E-state index is 7.18. The van der Waals surface area contributed by atoms with Crippen LogP contribution in [0.25, 0.3) is 0 Å². The Balaban J connectivity index is -0.0000000200. The van der Waals surface area contributed by atoms with E-state index in [4.69, 9.17) is 5.26 Å². The van der Waals surface area contributed by atoms with Gasteiger partial charge in [0.15, 0.2) is 0 Å². The standard InChI is InChI=1S/CHNS.K.H3N.H/c2-1-3;;;/h3H;;1H3;. The summed E-state index contributed by atoms with van der Waals surface area (Å²) in [6.07, 6.45) is 0. The van der Waals surface area contributed by atoms with Crippen LogP contribution in [0.5, 0.6) is 0 Å². The molecule has 2 nitrogen and oxygen atoms in total. The van der Waals surface area contributed by atoms with Crippen LogP contribution in [-0.2, 0) is 0 Å². The molecule has 0 unspecified atom stereocenters. The van der Waals surface area contributed by atoms with Gasteiger partial charge in [0.1, 0.15) is 5.40 Å². The molecule has 0 rings (SSSR count). The molecule has 0 aliphatic rings. The van der Waals surface area contributed by atoms with Gasteiger partial charge in [0.2, 0.25) is 0 Å². The summed E-state index contributed by atoms with van der Waals surface area (Å²) in [6, 6.07) is 0. The zero-order valence-electron chi connectivity index (χ0n) is 2.10. The summed E-state index contributed by atoms with van der Waals surface area (Å²) < 4.78 is 0. The third kappa shape index (κ3) is 31.1.